The summed E-state index contributed by atoms with van der Waals surface area (Å²) in [7, 11) is -0.491. The van der Waals surface area contributed by atoms with Crippen molar-refractivity contribution in [2.24, 2.45) is 0 Å². The zero-order valence-corrected chi connectivity index (χ0v) is 13.0. The quantitative estimate of drug-likeness (QED) is 0.674. The molecule has 20 heavy (non-hydrogen) atoms. The molecule has 0 aliphatic carbocycles. The molecule has 0 spiro atoms. The van der Waals surface area contributed by atoms with E-state index in [1.54, 1.807) is 31.3 Å². The topological polar surface area (TPSA) is 70.7 Å². The zero-order valence-electron chi connectivity index (χ0n) is 12.2. The number of rotatable bonds is 9. The van der Waals surface area contributed by atoms with Gasteiger partial charge in [0.05, 0.1) is 12.8 Å². The highest BCUT2D eigenvalue weighted by molar-refractivity contribution is 7.90. The van der Waals surface area contributed by atoms with Gasteiger partial charge in [-0.1, -0.05) is 19.1 Å². The van der Waals surface area contributed by atoms with Crippen LogP contribution >= 0.6 is 0 Å². The monoisotopic (exact) mass is 301 g/mol. The largest absolute Gasteiger partial charge is 0.495 e. The molecule has 0 amide bonds. The molecular weight excluding hydrogens is 278 g/mol. The van der Waals surface area contributed by atoms with E-state index in [1.807, 2.05) is 6.92 Å². The van der Waals surface area contributed by atoms with E-state index < -0.39 is 10.2 Å². The van der Waals surface area contributed by atoms with Crippen LogP contribution in [0.4, 0.5) is 5.69 Å². The molecule has 2 N–H and O–H groups in total. The fourth-order valence-electron chi connectivity index (χ4n) is 1.67. The third-order valence-electron chi connectivity index (χ3n) is 2.83. The predicted octanol–water partition coefficient (Wildman–Crippen LogP) is 1.28. The van der Waals surface area contributed by atoms with Crippen molar-refractivity contribution in [3.05, 3.63) is 24.3 Å². The summed E-state index contributed by atoms with van der Waals surface area (Å²) in [6.07, 6.45) is 0.761. The van der Waals surface area contributed by atoms with Crippen molar-refractivity contribution in [2.75, 3.05) is 38.5 Å². The second-order valence-corrected chi connectivity index (χ2v) is 6.11. The molecule has 1 rings (SSSR count). The summed E-state index contributed by atoms with van der Waals surface area (Å²) < 4.78 is 33.3. The average Bonchev–Trinajstić information content (AvgIpc) is 2.43. The highest BCUT2D eigenvalue weighted by atomic mass is 32.2. The Morgan fingerprint density at radius 1 is 1.30 bits per heavy atom. The lowest BCUT2D eigenvalue weighted by Crippen LogP contribution is -2.34. The minimum Gasteiger partial charge on any atom is -0.495 e. The number of para-hydroxylation sites is 2. The van der Waals surface area contributed by atoms with E-state index in [2.05, 4.69) is 10.0 Å². The van der Waals surface area contributed by atoms with Crippen LogP contribution in [0.1, 0.15) is 13.3 Å². The summed E-state index contributed by atoms with van der Waals surface area (Å²) in [5, 5.41) is 3.16. The van der Waals surface area contributed by atoms with E-state index in [-0.39, 0.29) is 0 Å². The van der Waals surface area contributed by atoms with E-state index in [9.17, 15) is 8.42 Å². The Labute approximate surface area is 121 Å². The van der Waals surface area contributed by atoms with Crippen molar-refractivity contribution in [3.8, 4) is 5.75 Å². The van der Waals surface area contributed by atoms with Crippen molar-refractivity contribution in [2.45, 2.75) is 13.3 Å². The lowest BCUT2D eigenvalue weighted by molar-refractivity contribution is 0.416. The molecule has 0 fully saturated rings. The van der Waals surface area contributed by atoms with Gasteiger partial charge in [0.15, 0.2) is 0 Å². The van der Waals surface area contributed by atoms with Crippen LogP contribution in [0.3, 0.4) is 0 Å². The van der Waals surface area contributed by atoms with E-state index in [0.717, 1.165) is 19.5 Å². The SMILES string of the molecule is CCNCCCN(C)S(=O)(=O)Nc1ccccc1OC. The molecular formula is C13H23N3O3S. The van der Waals surface area contributed by atoms with E-state index in [0.29, 0.717) is 18.0 Å². The lowest BCUT2D eigenvalue weighted by atomic mass is 10.3. The molecule has 0 heterocycles. The fraction of sp³-hybridized carbons (Fsp3) is 0.538. The van der Waals surface area contributed by atoms with Crippen LogP contribution in [0.25, 0.3) is 0 Å². The number of nitrogens with zero attached hydrogens (tertiary/aromatic N) is 1. The molecule has 7 heteroatoms. The Balaban J connectivity index is 2.64. The first-order valence-corrected chi connectivity index (χ1v) is 8.03. The third kappa shape index (κ3) is 4.99. The molecule has 0 unspecified atom stereocenters. The highest BCUT2D eigenvalue weighted by Gasteiger charge is 2.18. The molecule has 0 radical (unpaired) electrons. The molecule has 0 aliphatic heterocycles. The lowest BCUT2D eigenvalue weighted by Gasteiger charge is -2.19. The Bertz CT molecular complexity index is 505. The van der Waals surface area contributed by atoms with Gasteiger partial charge in [-0.2, -0.15) is 12.7 Å². The van der Waals surface area contributed by atoms with Gasteiger partial charge in [-0.25, -0.2) is 0 Å². The number of ether oxygens (including phenoxy) is 1. The smallest absolute Gasteiger partial charge is 0.301 e. The third-order valence-corrected chi connectivity index (χ3v) is 4.31. The van der Waals surface area contributed by atoms with Gasteiger partial charge < -0.3 is 10.1 Å². The van der Waals surface area contributed by atoms with E-state index >= 15 is 0 Å². The van der Waals surface area contributed by atoms with Gasteiger partial charge in [-0.15, -0.1) is 0 Å². The van der Waals surface area contributed by atoms with E-state index in [1.165, 1.54) is 11.4 Å². The summed E-state index contributed by atoms with van der Waals surface area (Å²) in [4.78, 5) is 0. The number of nitrogens with one attached hydrogen (secondary N) is 2. The minimum absolute atomic E-state index is 0.438. The maximum absolute atomic E-state index is 12.2. The molecule has 6 nitrogen and oxygen atoms in total. The van der Waals surface area contributed by atoms with Crippen molar-refractivity contribution in [1.82, 2.24) is 9.62 Å². The number of hydrogen-bond donors (Lipinski definition) is 2. The van der Waals surface area contributed by atoms with Crippen LogP contribution < -0.4 is 14.8 Å². The summed E-state index contributed by atoms with van der Waals surface area (Å²) in [6.45, 7) is 4.15. The highest BCUT2D eigenvalue weighted by Crippen LogP contribution is 2.24. The summed E-state index contributed by atoms with van der Waals surface area (Å²) in [6, 6.07) is 6.92. The molecule has 0 saturated carbocycles. The van der Waals surface area contributed by atoms with Crippen LogP contribution in [0.2, 0.25) is 0 Å². The van der Waals surface area contributed by atoms with Crippen LogP contribution in [-0.2, 0) is 10.2 Å². The van der Waals surface area contributed by atoms with Crippen LogP contribution in [0.15, 0.2) is 24.3 Å². The van der Waals surface area contributed by atoms with Crippen LogP contribution in [-0.4, -0.2) is 46.5 Å². The summed E-state index contributed by atoms with van der Waals surface area (Å²) >= 11 is 0. The fourth-order valence-corrected chi connectivity index (χ4v) is 2.64. The first kappa shape index (κ1) is 16.7. The second kappa shape index (κ2) is 8.08. The van der Waals surface area contributed by atoms with E-state index in [4.69, 9.17) is 4.74 Å². The first-order chi connectivity index (χ1) is 9.51. The number of benzene rings is 1. The van der Waals surface area contributed by atoms with Gasteiger partial charge in [-0.3, -0.25) is 4.72 Å². The number of anilines is 1. The summed E-state index contributed by atoms with van der Waals surface area (Å²) in [5.41, 5.74) is 0.438. The molecule has 0 aliphatic rings. The van der Waals surface area contributed by atoms with Crippen molar-refractivity contribution >= 4 is 15.9 Å². The van der Waals surface area contributed by atoms with Gasteiger partial charge in [-0.05, 0) is 31.6 Å². The van der Waals surface area contributed by atoms with Crippen molar-refractivity contribution < 1.29 is 13.2 Å². The molecule has 0 atom stereocenters. The zero-order chi connectivity index (χ0) is 15.0. The van der Waals surface area contributed by atoms with Gasteiger partial charge in [0.2, 0.25) is 0 Å². The Morgan fingerprint density at radius 2 is 2.00 bits per heavy atom. The van der Waals surface area contributed by atoms with Gasteiger partial charge in [0.1, 0.15) is 5.75 Å². The molecule has 114 valence electrons. The molecule has 1 aromatic rings. The molecule has 1 aromatic carbocycles. The second-order valence-electron chi connectivity index (χ2n) is 4.34. The van der Waals surface area contributed by atoms with Gasteiger partial charge in [0.25, 0.3) is 0 Å². The summed E-state index contributed by atoms with van der Waals surface area (Å²) in [5.74, 6) is 0.497. The maximum Gasteiger partial charge on any atom is 0.301 e. The number of hydrogen-bond acceptors (Lipinski definition) is 4. The number of methoxy groups -OCH3 is 1. The predicted molar refractivity (Wildman–Crippen MR) is 81.3 cm³/mol. The molecule has 0 aromatic heterocycles. The standard InChI is InChI=1S/C13H23N3O3S/c1-4-14-10-7-11-16(2)20(17,18)15-12-8-5-6-9-13(12)19-3/h5-6,8-9,14-15H,4,7,10-11H2,1-3H3. The Morgan fingerprint density at radius 3 is 2.65 bits per heavy atom. The normalized spacial score (nSPS) is 11.6. The Hall–Kier alpha value is -1.31. The van der Waals surface area contributed by atoms with Gasteiger partial charge >= 0.3 is 10.2 Å². The van der Waals surface area contributed by atoms with Gasteiger partial charge in [0, 0.05) is 13.6 Å². The first-order valence-electron chi connectivity index (χ1n) is 6.59. The Kier molecular flexibility index (Phi) is 6.77. The minimum atomic E-state index is -3.56. The molecule has 0 saturated heterocycles. The maximum atomic E-state index is 12.2. The van der Waals surface area contributed by atoms with Crippen LogP contribution in [0.5, 0.6) is 5.75 Å². The van der Waals surface area contributed by atoms with Crippen LogP contribution in [0, 0.1) is 0 Å². The van der Waals surface area contributed by atoms with Crippen molar-refractivity contribution in [1.29, 1.82) is 0 Å². The average molecular weight is 301 g/mol. The molecule has 0 bridgehead atoms. The van der Waals surface area contributed by atoms with Crippen molar-refractivity contribution in [3.63, 3.8) is 0 Å².